The lowest BCUT2D eigenvalue weighted by atomic mass is 10.3. The second kappa shape index (κ2) is 28.8. The van der Waals surface area contributed by atoms with E-state index in [1.54, 1.807) is 68.2 Å². The van der Waals surface area contributed by atoms with Crippen molar-refractivity contribution < 1.29 is 19.2 Å². The molecule has 0 rings (SSSR count). The van der Waals surface area contributed by atoms with E-state index in [-0.39, 0.29) is 49.8 Å². The quantitative estimate of drug-likeness (QED) is 0.0849. The van der Waals surface area contributed by atoms with Gasteiger partial charge < -0.3 is 19.6 Å². The minimum atomic E-state index is -0.146. The second-order valence-electron chi connectivity index (χ2n) is 11.5. The molecule has 0 N–H and O–H groups in total. The van der Waals surface area contributed by atoms with Gasteiger partial charge in [0.25, 0.3) is 0 Å². The van der Waals surface area contributed by atoms with Gasteiger partial charge in [-0.15, -0.1) is 52.6 Å². The molecule has 0 aliphatic heterocycles. The summed E-state index contributed by atoms with van der Waals surface area (Å²) in [6.45, 7) is 35.5. The van der Waals surface area contributed by atoms with Crippen molar-refractivity contribution in [2.24, 2.45) is 0 Å². The summed E-state index contributed by atoms with van der Waals surface area (Å²) in [6, 6.07) is 0. The fourth-order valence-corrected chi connectivity index (χ4v) is 5.28. The van der Waals surface area contributed by atoms with Crippen molar-refractivity contribution in [2.75, 3.05) is 117 Å². The van der Waals surface area contributed by atoms with E-state index in [2.05, 4.69) is 70.2 Å². The van der Waals surface area contributed by atoms with Crippen molar-refractivity contribution in [1.82, 2.24) is 34.3 Å². The average Bonchev–Trinajstić information content (AvgIpc) is 3.08. The van der Waals surface area contributed by atoms with Gasteiger partial charge in [0.2, 0.25) is 23.6 Å². The maximum Gasteiger partial charge on any atom is 0.237 e. The lowest BCUT2D eigenvalue weighted by molar-refractivity contribution is -0.136. The molecule has 278 valence electrons. The third kappa shape index (κ3) is 19.3. The Morgan fingerprint density at radius 3 is 0.740 bits per heavy atom. The highest BCUT2D eigenvalue weighted by Crippen LogP contribution is 2.04. The molecular formula is C38H61N7O4S. The number of nitrogens with zero attached hydrogens (tertiary/aromatic N) is 7. The highest BCUT2D eigenvalue weighted by Gasteiger charge is 2.24. The molecule has 0 fully saturated rings. The van der Waals surface area contributed by atoms with E-state index in [0.29, 0.717) is 90.8 Å². The zero-order valence-electron chi connectivity index (χ0n) is 30.2. The first-order chi connectivity index (χ1) is 24.1. The average molecular weight is 712 g/mol. The van der Waals surface area contributed by atoms with Crippen LogP contribution in [0.5, 0.6) is 0 Å². The summed E-state index contributed by atoms with van der Waals surface area (Å²) < 4.78 is 0. The topological polar surface area (TPSA) is 91.0 Å². The molecule has 0 spiro atoms. The Kier molecular flexibility index (Phi) is 26.5. The first-order valence-corrected chi connectivity index (χ1v) is 17.5. The van der Waals surface area contributed by atoms with Crippen LogP contribution in [0.25, 0.3) is 0 Å². The van der Waals surface area contributed by atoms with Crippen molar-refractivity contribution in [3.8, 4) is 0 Å². The van der Waals surface area contributed by atoms with Gasteiger partial charge in [-0.1, -0.05) is 48.6 Å². The monoisotopic (exact) mass is 711 g/mol. The van der Waals surface area contributed by atoms with E-state index in [9.17, 15) is 19.2 Å². The Bertz CT molecular complexity index is 944. The molecule has 0 saturated heterocycles. The summed E-state index contributed by atoms with van der Waals surface area (Å²) in [7, 11) is 0. The smallest absolute Gasteiger partial charge is 0.237 e. The Labute approximate surface area is 307 Å². The standard InChI is InChI=1S/C38H61N7O4S/c1-9-17-42(18-10-2)35(46)31-40(32-36(47)43(19-11-3)20-12-4)27-25-39(29-30-50)26-28-41(33-37(48)44(21-13-5)22-14-6)34-38(49)45(23-15-7)24-16-8/h9-16,50H,1-8,17-34H2. The number of thiol groups is 1. The third-order valence-electron chi connectivity index (χ3n) is 7.52. The summed E-state index contributed by atoms with van der Waals surface area (Å²) in [5.74, 6) is -0.0194. The number of rotatable bonds is 32. The van der Waals surface area contributed by atoms with Gasteiger partial charge in [-0.05, 0) is 0 Å². The minimum absolute atomic E-state index is 0.0260. The van der Waals surface area contributed by atoms with Gasteiger partial charge >= 0.3 is 0 Å². The SMILES string of the molecule is C=CCN(CC=C)C(=O)CN(CCN(CCS)CCN(CC(=O)N(CC=C)CC=C)CC(=O)N(CC=C)CC=C)CC(=O)N(CC=C)CC=C. The lowest BCUT2D eigenvalue weighted by Gasteiger charge is -2.32. The van der Waals surface area contributed by atoms with E-state index < -0.39 is 0 Å². The molecule has 0 bridgehead atoms. The number of amides is 4. The molecular weight excluding hydrogens is 651 g/mol. The molecule has 0 aromatic heterocycles. The van der Waals surface area contributed by atoms with Crippen molar-refractivity contribution >= 4 is 36.3 Å². The van der Waals surface area contributed by atoms with Gasteiger partial charge in [0.15, 0.2) is 0 Å². The summed E-state index contributed by atoms with van der Waals surface area (Å²) in [4.78, 5) is 65.7. The summed E-state index contributed by atoms with van der Waals surface area (Å²) in [6.07, 6.45) is 13.3. The normalized spacial score (nSPS) is 10.6. The molecule has 0 heterocycles. The van der Waals surface area contributed by atoms with Crippen LogP contribution in [-0.4, -0.2) is 175 Å². The zero-order chi connectivity index (χ0) is 37.7. The predicted octanol–water partition coefficient (Wildman–Crippen LogP) is 2.62. The lowest BCUT2D eigenvalue weighted by Crippen LogP contribution is -2.50. The Morgan fingerprint density at radius 1 is 0.360 bits per heavy atom. The number of hydrogen-bond acceptors (Lipinski definition) is 8. The fourth-order valence-electron chi connectivity index (χ4n) is 5.00. The van der Waals surface area contributed by atoms with E-state index in [4.69, 9.17) is 0 Å². The van der Waals surface area contributed by atoms with E-state index in [1.165, 1.54) is 0 Å². The largest absolute Gasteiger partial charge is 0.334 e. The maximum atomic E-state index is 13.3. The highest BCUT2D eigenvalue weighted by molar-refractivity contribution is 7.80. The van der Waals surface area contributed by atoms with Gasteiger partial charge in [-0.2, -0.15) is 12.6 Å². The molecule has 12 heteroatoms. The van der Waals surface area contributed by atoms with Crippen LogP contribution in [0.4, 0.5) is 0 Å². The Hall–Kier alpha value is -3.97. The molecule has 0 aromatic carbocycles. The van der Waals surface area contributed by atoms with Crippen LogP contribution in [0.1, 0.15) is 0 Å². The summed E-state index contributed by atoms with van der Waals surface area (Å²) >= 11 is 4.48. The Balaban J connectivity index is 6.14. The van der Waals surface area contributed by atoms with Crippen molar-refractivity contribution in [3.63, 3.8) is 0 Å². The van der Waals surface area contributed by atoms with Crippen LogP contribution in [0.15, 0.2) is 101 Å². The predicted molar refractivity (Wildman–Crippen MR) is 211 cm³/mol. The molecule has 50 heavy (non-hydrogen) atoms. The number of carbonyl (C=O) groups is 4. The fraction of sp³-hybridized carbons (Fsp3) is 0.474. The minimum Gasteiger partial charge on any atom is -0.334 e. The molecule has 0 unspecified atom stereocenters. The number of carbonyl (C=O) groups excluding carboxylic acids is 4. The maximum absolute atomic E-state index is 13.3. The van der Waals surface area contributed by atoms with Crippen LogP contribution in [0.3, 0.4) is 0 Å². The van der Waals surface area contributed by atoms with Crippen LogP contribution in [0.2, 0.25) is 0 Å². The van der Waals surface area contributed by atoms with Gasteiger partial charge in [0.05, 0.1) is 26.2 Å². The van der Waals surface area contributed by atoms with E-state index in [1.807, 2.05) is 9.80 Å². The van der Waals surface area contributed by atoms with Crippen molar-refractivity contribution in [3.05, 3.63) is 101 Å². The van der Waals surface area contributed by atoms with Crippen LogP contribution in [0, 0.1) is 0 Å². The molecule has 0 aromatic rings. The molecule has 11 nitrogen and oxygen atoms in total. The molecule has 0 radical (unpaired) electrons. The van der Waals surface area contributed by atoms with E-state index >= 15 is 0 Å². The van der Waals surface area contributed by atoms with Gasteiger partial charge in [-0.3, -0.25) is 33.9 Å². The third-order valence-corrected chi connectivity index (χ3v) is 7.72. The molecule has 4 amide bonds. The second-order valence-corrected chi connectivity index (χ2v) is 11.9. The van der Waals surface area contributed by atoms with E-state index in [0.717, 1.165) is 0 Å². The number of hydrogen-bond donors (Lipinski definition) is 1. The van der Waals surface area contributed by atoms with Gasteiger partial charge in [0, 0.05) is 90.8 Å². The summed E-state index contributed by atoms with van der Waals surface area (Å²) in [5.41, 5.74) is 0. The first kappa shape index (κ1) is 46.0. The Morgan fingerprint density at radius 2 is 0.560 bits per heavy atom. The first-order valence-electron chi connectivity index (χ1n) is 16.8. The molecule has 0 atom stereocenters. The van der Waals surface area contributed by atoms with Crippen LogP contribution < -0.4 is 0 Å². The summed E-state index contributed by atoms with van der Waals surface area (Å²) in [5, 5.41) is 0. The molecule has 0 aliphatic carbocycles. The highest BCUT2D eigenvalue weighted by atomic mass is 32.1. The van der Waals surface area contributed by atoms with Gasteiger partial charge in [0.1, 0.15) is 0 Å². The van der Waals surface area contributed by atoms with Gasteiger partial charge in [-0.25, -0.2) is 0 Å². The van der Waals surface area contributed by atoms with Crippen molar-refractivity contribution in [2.45, 2.75) is 0 Å². The van der Waals surface area contributed by atoms with Crippen LogP contribution >= 0.6 is 12.6 Å². The molecule has 0 saturated carbocycles. The van der Waals surface area contributed by atoms with Crippen LogP contribution in [-0.2, 0) is 19.2 Å². The molecule has 0 aliphatic rings. The van der Waals surface area contributed by atoms with Crippen molar-refractivity contribution in [1.29, 1.82) is 0 Å². The zero-order valence-corrected chi connectivity index (χ0v) is 31.1.